The summed E-state index contributed by atoms with van der Waals surface area (Å²) < 4.78 is 26.0. The van der Waals surface area contributed by atoms with Crippen LogP contribution in [0.3, 0.4) is 0 Å². The first-order chi connectivity index (χ1) is 7.36. The number of nitrogens with zero attached hydrogens (tertiary/aromatic N) is 1. The molecule has 0 fully saturated rings. The number of hydrogen-bond donors (Lipinski definition) is 1. The molecule has 0 aliphatic carbocycles. The van der Waals surface area contributed by atoms with E-state index in [0.717, 1.165) is 5.56 Å². The van der Waals surface area contributed by atoms with Crippen molar-refractivity contribution in [3.05, 3.63) is 29.3 Å². The van der Waals surface area contributed by atoms with Crippen molar-refractivity contribution in [2.24, 2.45) is 0 Å². The third-order valence-corrected chi connectivity index (χ3v) is 3.85. The second kappa shape index (κ2) is 4.64. The quantitative estimate of drug-likeness (QED) is 0.867. The molecule has 1 atom stereocenters. The molecular weight excluding hydrogens is 224 g/mol. The summed E-state index contributed by atoms with van der Waals surface area (Å²) in [6, 6.07) is 6.19. The molecular formula is C11H14N2O2S. The van der Waals surface area contributed by atoms with Gasteiger partial charge in [0.25, 0.3) is 0 Å². The number of sulfonamides is 1. The molecule has 0 radical (unpaired) electrons. The predicted molar refractivity (Wildman–Crippen MR) is 61.3 cm³/mol. The number of aryl methyl sites for hydroxylation is 2. The van der Waals surface area contributed by atoms with Gasteiger partial charge in [0, 0.05) is 0 Å². The summed E-state index contributed by atoms with van der Waals surface area (Å²) in [4.78, 5) is 0.222. The van der Waals surface area contributed by atoms with E-state index in [1.54, 1.807) is 25.1 Å². The van der Waals surface area contributed by atoms with Crippen LogP contribution in [0.15, 0.2) is 23.1 Å². The fraction of sp³-hybridized carbons (Fsp3) is 0.364. The van der Waals surface area contributed by atoms with E-state index in [-0.39, 0.29) is 4.90 Å². The smallest absolute Gasteiger partial charge is 0.207 e. The normalized spacial score (nSPS) is 13.1. The van der Waals surface area contributed by atoms with Crippen LogP contribution in [-0.2, 0) is 10.0 Å². The first-order valence-electron chi connectivity index (χ1n) is 4.86. The van der Waals surface area contributed by atoms with Crippen LogP contribution in [0.4, 0.5) is 0 Å². The first kappa shape index (κ1) is 12.7. The number of hydrogen-bond acceptors (Lipinski definition) is 3. The van der Waals surface area contributed by atoms with Crippen LogP contribution in [0.1, 0.15) is 18.1 Å². The highest BCUT2D eigenvalue weighted by Crippen LogP contribution is 2.16. The van der Waals surface area contributed by atoms with Gasteiger partial charge >= 0.3 is 0 Å². The van der Waals surface area contributed by atoms with Gasteiger partial charge in [0.15, 0.2) is 0 Å². The molecule has 0 aliphatic heterocycles. The molecule has 86 valence electrons. The fourth-order valence-corrected chi connectivity index (χ4v) is 2.80. The molecule has 0 spiro atoms. The Morgan fingerprint density at radius 2 is 2.00 bits per heavy atom. The predicted octanol–water partition coefficient (Wildman–Crippen LogP) is 1.49. The van der Waals surface area contributed by atoms with Gasteiger partial charge in [0.1, 0.15) is 6.04 Å². The summed E-state index contributed by atoms with van der Waals surface area (Å²) in [5.41, 5.74) is 1.68. The van der Waals surface area contributed by atoms with Crippen LogP contribution in [-0.4, -0.2) is 14.5 Å². The van der Waals surface area contributed by atoms with E-state index >= 15 is 0 Å². The zero-order valence-electron chi connectivity index (χ0n) is 9.48. The van der Waals surface area contributed by atoms with Crippen molar-refractivity contribution in [1.82, 2.24) is 4.72 Å². The molecule has 16 heavy (non-hydrogen) atoms. The molecule has 5 heteroatoms. The molecule has 0 heterocycles. The highest BCUT2D eigenvalue weighted by atomic mass is 32.2. The highest BCUT2D eigenvalue weighted by molar-refractivity contribution is 7.89. The molecule has 0 saturated carbocycles. The van der Waals surface area contributed by atoms with Crippen LogP contribution >= 0.6 is 0 Å². The lowest BCUT2D eigenvalue weighted by Crippen LogP contribution is -2.31. The van der Waals surface area contributed by atoms with Gasteiger partial charge in [-0.3, -0.25) is 0 Å². The van der Waals surface area contributed by atoms with Crippen molar-refractivity contribution in [3.63, 3.8) is 0 Å². The Morgan fingerprint density at radius 3 is 2.50 bits per heavy atom. The molecule has 1 rings (SSSR count). The minimum atomic E-state index is -3.59. The second-order valence-electron chi connectivity index (χ2n) is 3.74. The van der Waals surface area contributed by atoms with Gasteiger partial charge in [-0.25, -0.2) is 8.42 Å². The molecule has 0 bridgehead atoms. The third-order valence-electron chi connectivity index (χ3n) is 2.15. The summed E-state index contributed by atoms with van der Waals surface area (Å²) in [6.45, 7) is 5.13. The van der Waals surface area contributed by atoms with Crippen LogP contribution in [0, 0.1) is 25.2 Å². The number of nitrogens with one attached hydrogen (secondary N) is 1. The fourth-order valence-electron chi connectivity index (χ4n) is 1.42. The Kier molecular flexibility index (Phi) is 3.68. The number of benzene rings is 1. The average Bonchev–Trinajstić information content (AvgIpc) is 2.16. The van der Waals surface area contributed by atoms with Crippen LogP contribution in [0.5, 0.6) is 0 Å². The van der Waals surface area contributed by atoms with E-state index in [4.69, 9.17) is 5.26 Å². The van der Waals surface area contributed by atoms with Gasteiger partial charge in [-0.05, 0) is 32.4 Å². The van der Waals surface area contributed by atoms with Gasteiger partial charge in [-0.2, -0.15) is 9.98 Å². The summed E-state index contributed by atoms with van der Waals surface area (Å²) in [5.74, 6) is 0. The van der Waals surface area contributed by atoms with E-state index in [1.807, 2.05) is 13.0 Å². The first-order valence-corrected chi connectivity index (χ1v) is 6.34. The van der Waals surface area contributed by atoms with E-state index < -0.39 is 16.1 Å². The lowest BCUT2D eigenvalue weighted by atomic mass is 10.2. The Morgan fingerprint density at radius 1 is 1.38 bits per heavy atom. The zero-order chi connectivity index (χ0) is 12.3. The minimum Gasteiger partial charge on any atom is -0.207 e. The molecule has 1 aromatic carbocycles. The van der Waals surface area contributed by atoms with Gasteiger partial charge in [-0.1, -0.05) is 17.7 Å². The molecule has 0 amide bonds. The van der Waals surface area contributed by atoms with Crippen molar-refractivity contribution in [3.8, 4) is 6.07 Å². The zero-order valence-corrected chi connectivity index (χ0v) is 10.3. The van der Waals surface area contributed by atoms with Crippen molar-refractivity contribution in [1.29, 1.82) is 5.26 Å². The van der Waals surface area contributed by atoms with Crippen LogP contribution in [0.2, 0.25) is 0 Å². The standard InChI is InChI=1S/C11H14N2O2S/c1-8-4-5-11(9(2)6-8)16(14,15)13-10(3)7-12/h4-6,10,13H,1-3H3. The van der Waals surface area contributed by atoms with E-state index in [9.17, 15) is 8.42 Å². The highest BCUT2D eigenvalue weighted by Gasteiger charge is 2.18. The van der Waals surface area contributed by atoms with Gasteiger partial charge < -0.3 is 0 Å². The van der Waals surface area contributed by atoms with Gasteiger partial charge in [0.2, 0.25) is 10.0 Å². The molecule has 0 aliphatic rings. The van der Waals surface area contributed by atoms with Gasteiger partial charge in [-0.15, -0.1) is 0 Å². The Balaban J connectivity index is 3.14. The van der Waals surface area contributed by atoms with E-state index in [1.165, 1.54) is 6.92 Å². The molecule has 1 aromatic rings. The SMILES string of the molecule is Cc1ccc(S(=O)(=O)NC(C)C#N)c(C)c1. The summed E-state index contributed by atoms with van der Waals surface area (Å²) in [5, 5.41) is 8.58. The third kappa shape index (κ3) is 2.81. The van der Waals surface area contributed by atoms with Crippen molar-refractivity contribution < 1.29 is 8.42 Å². The van der Waals surface area contributed by atoms with E-state index in [0.29, 0.717) is 5.56 Å². The van der Waals surface area contributed by atoms with Gasteiger partial charge in [0.05, 0.1) is 11.0 Å². The molecule has 1 N–H and O–H groups in total. The summed E-state index contributed by atoms with van der Waals surface area (Å²) in [7, 11) is -3.59. The van der Waals surface area contributed by atoms with Crippen LogP contribution in [0.25, 0.3) is 0 Å². The largest absolute Gasteiger partial charge is 0.241 e. The lowest BCUT2D eigenvalue weighted by Gasteiger charge is -2.10. The molecule has 4 nitrogen and oxygen atoms in total. The minimum absolute atomic E-state index is 0.222. The van der Waals surface area contributed by atoms with E-state index in [2.05, 4.69) is 4.72 Å². The van der Waals surface area contributed by atoms with Crippen molar-refractivity contribution in [2.45, 2.75) is 31.7 Å². The average molecular weight is 238 g/mol. The second-order valence-corrected chi connectivity index (χ2v) is 5.42. The Bertz CT molecular complexity index is 529. The monoisotopic (exact) mass is 238 g/mol. The Labute approximate surface area is 96.0 Å². The molecule has 1 unspecified atom stereocenters. The molecule has 0 aromatic heterocycles. The Hall–Kier alpha value is -1.38. The maximum absolute atomic E-state index is 11.9. The van der Waals surface area contributed by atoms with Crippen molar-refractivity contribution in [2.75, 3.05) is 0 Å². The number of rotatable bonds is 3. The van der Waals surface area contributed by atoms with Crippen molar-refractivity contribution >= 4 is 10.0 Å². The maximum Gasteiger partial charge on any atom is 0.241 e. The number of nitriles is 1. The molecule has 0 saturated heterocycles. The summed E-state index contributed by atoms with van der Waals surface area (Å²) in [6.07, 6.45) is 0. The maximum atomic E-state index is 11.9. The summed E-state index contributed by atoms with van der Waals surface area (Å²) >= 11 is 0. The topological polar surface area (TPSA) is 70.0 Å². The lowest BCUT2D eigenvalue weighted by molar-refractivity contribution is 0.576. The van der Waals surface area contributed by atoms with Crippen LogP contribution < -0.4 is 4.72 Å².